The highest BCUT2D eigenvalue weighted by Crippen LogP contribution is 2.20. The van der Waals surface area contributed by atoms with Gasteiger partial charge in [0.15, 0.2) is 0 Å². The Bertz CT molecular complexity index is 334. The van der Waals surface area contributed by atoms with Crippen LogP contribution in [0.3, 0.4) is 0 Å². The van der Waals surface area contributed by atoms with Crippen molar-refractivity contribution in [3.63, 3.8) is 0 Å². The van der Waals surface area contributed by atoms with Gasteiger partial charge in [0.25, 0.3) is 5.91 Å². The molecule has 0 spiro atoms. The standard InChI is InChI=1S/C9H12N2OS/c1-5-3-13-4-6(5)9(12)11-8-2-7(8)10/h3-4,7-8H,2,10H2,1H3,(H,11,12). The van der Waals surface area contributed by atoms with Crippen molar-refractivity contribution in [1.29, 1.82) is 0 Å². The molecule has 1 aliphatic carbocycles. The topological polar surface area (TPSA) is 55.1 Å². The summed E-state index contributed by atoms with van der Waals surface area (Å²) in [5.74, 6) is 0.0108. The minimum absolute atomic E-state index is 0.0108. The quantitative estimate of drug-likeness (QED) is 0.738. The van der Waals surface area contributed by atoms with E-state index in [1.807, 2.05) is 17.7 Å². The average Bonchev–Trinajstić information content (AvgIpc) is 2.62. The summed E-state index contributed by atoms with van der Waals surface area (Å²) in [7, 11) is 0. The molecular weight excluding hydrogens is 184 g/mol. The molecule has 1 heterocycles. The van der Waals surface area contributed by atoms with Crippen LogP contribution >= 0.6 is 11.3 Å². The van der Waals surface area contributed by atoms with Gasteiger partial charge in [0.1, 0.15) is 0 Å². The largest absolute Gasteiger partial charge is 0.348 e. The van der Waals surface area contributed by atoms with E-state index in [-0.39, 0.29) is 18.0 Å². The molecule has 1 aliphatic rings. The predicted octanol–water partition coefficient (Wildman–Crippen LogP) is 0.886. The molecule has 2 rings (SSSR count). The SMILES string of the molecule is Cc1cscc1C(=O)NC1CC1N. The molecule has 2 unspecified atom stereocenters. The molecule has 70 valence electrons. The third-order valence-electron chi connectivity index (χ3n) is 2.26. The van der Waals surface area contributed by atoms with Crippen molar-refractivity contribution in [2.75, 3.05) is 0 Å². The van der Waals surface area contributed by atoms with Crippen LogP contribution in [-0.4, -0.2) is 18.0 Å². The molecule has 0 saturated heterocycles. The van der Waals surface area contributed by atoms with E-state index in [4.69, 9.17) is 5.73 Å². The predicted molar refractivity (Wildman–Crippen MR) is 52.9 cm³/mol. The fraction of sp³-hybridized carbons (Fsp3) is 0.444. The van der Waals surface area contributed by atoms with Crippen molar-refractivity contribution in [2.24, 2.45) is 5.73 Å². The lowest BCUT2D eigenvalue weighted by Crippen LogP contribution is -2.29. The second-order valence-corrected chi connectivity index (χ2v) is 4.19. The molecule has 3 nitrogen and oxygen atoms in total. The Hall–Kier alpha value is -0.870. The first kappa shape index (κ1) is 8.72. The number of amides is 1. The van der Waals surface area contributed by atoms with Crippen LogP contribution < -0.4 is 11.1 Å². The number of hydrogen-bond acceptors (Lipinski definition) is 3. The van der Waals surface area contributed by atoms with Gasteiger partial charge in [0, 0.05) is 17.5 Å². The van der Waals surface area contributed by atoms with Crippen LogP contribution in [0.4, 0.5) is 0 Å². The second kappa shape index (κ2) is 3.12. The summed E-state index contributed by atoms with van der Waals surface area (Å²) < 4.78 is 0. The van der Waals surface area contributed by atoms with Crippen molar-refractivity contribution in [3.8, 4) is 0 Å². The summed E-state index contributed by atoms with van der Waals surface area (Å²) in [6, 6.07) is 0.370. The van der Waals surface area contributed by atoms with E-state index in [1.165, 1.54) is 0 Å². The first-order chi connectivity index (χ1) is 6.18. The third kappa shape index (κ3) is 1.73. The van der Waals surface area contributed by atoms with E-state index in [0.29, 0.717) is 0 Å². The summed E-state index contributed by atoms with van der Waals surface area (Å²) >= 11 is 1.55. The van der Waals surface area contributed by atoms with Gasteiger partial charge in [-0.05, 0) is 24.3 Å². The van der Waals surface area contributed by atoms with Crippen molar-refractivity contribution < 1.29 is 4.79 Å². The molecule has 1 aromatic heterocycles. The van der Waals surface area contributed by atoms with Crippen LogP contribution in [0.2, 0.25) is 0 Å². The number of nitrogens with one attached hydrogen (secondary N) is 1. The fourth-order valence-electron chi connectivity index (χ4n) is 1.22. The average molecular weight is 196 g/mol. The maximum Gasteiger partial charge on any atom is 0.252 e. The normalized spacial score (nSPS) is 25.7. The van der Waals surface area contributed by atoms with Gasteiger partial charge in [0.05, 0.1) is 5.56 Å². The maximum atomic E-state index is 11.6. The van der Waals surface area contributed by atoms with Gasteiger partial charge in [-0.1, -0.05) is 0 Å². The zero-order chi connectivity index (χ0) is 9.42. The molecule has 4 heteroatoms. The minimum atomic E-state index is 0.0108. The summed E-state index contributed by atoms with van der Waals surface area (Å²) in [4.78, 5) is 11.6. The molecule has 1 amide bonds. The molecule has 0 bridgehead atoms. The number of carbonyl (C=O) groups excluding carboxylic acids is 1. The highest BCUT2D eigenvalue weighted by molar-refractivity contribution is 7.08. The summed E-state index contributed by atoms with van der Waals surface area (Å²) in [5.41, 5.74) is 7.41. The molecule has 13 heavy (non-hydrogen) atoms. The Morgan fingerprint density at radius 1 is 1.69 bits per heavy atom. The van der Waals surface area contributed by atoms with Gasteiger partial charge in [-0.3, -0.25) is 4.79 Å². The van der Waals surface area contributed by atoms with Gasteiger partial charge < -0.3 is 11.1 Å². The van der Waals surface area contributed by atoms with Gasteiger partial charge in [-0.2, -0.15) is 11.3 Å². The van der Waals surface area contributed by atoms with E-state index in [1.54, 1.807) is 11.3 Å². The Morgan fingerprint density at radius 2 is 2.38 bits per heavy atom. The van der Waals surface area contributed by atoms with Crippen LogP contribution in [0, 0.1) is 6.92 Å². The summed E-state index contributed by atoms with van der Waals surface area (Å²) in [5, 5.41) is 6.74. The Labute approximate surface area is 80.9 Å². The first-order valence-corrected chi connectivity index (χ1v) is 5.22. The Morgan fingerprint density at radius 3 is 2.85 bits per heavy atom. The highest BCUT2D eigenvalue weighted by atomic mass is 32.1. The van der Waals surface area contributed by atoms with Crippen molar-refractivity contribution in [1.82, 2.24) is 5.32 Å². The van der Waals surface area contributed by atoms with Gasteiger partial charge in [-0.15, -0.1) is 0 Å². The number of nitrogens with two attached hydrogens (primary N) is 1. The van der Waals surface area contributed by atoms with Crippen molar-refractivity contribution in [3.05, 3.63) is 21.9 Å². The van der Waals surface area contributed by atoms with Gasteiger partial charge >= 0.3 is 0 Å². The zero-order valence-corrected chi connectivity index (χ0v) is 8.23. The monoisotopic (exact) mass is 196 g/mol. The lowest BCUT2D eigenvalue weighted by atomic mass is 10.2. The fourth-order valence-corrected chi connectivity index (χ4v) is 2.05. The lowest BCUT2D eigenvalue weighted by Gasteiger charge is -2.01. The van der Waals surface area contributed by atoms with Crippen LogP contribution in [0.5, 0.6) is 0 Å². The van der Waals surface area contributed by atoms with Crippen LogP contribution in [0.25, 0.3) is 0 Å². The van der Waals surface area contributed by atoms with E-state index >= 15 is 0 Å². The molecule has 1 aromatic rings. The van der Waals surface area contributed by atoms with Gasteiger partial charge in [0.2, 0.25) is 0 Å². The molecule has 0 aliphatic heterocycles. The Balaban J connectivity index is 2.01. The van der Waals surface area contributed by atoms with E-state index in [9.17, 15) is 4.79 Å². The maximum absolute atomic E-state index is 11.6. The number of thiophene rings is 1. The van der Waals surface area contributed by atoms with Gasteiger partial charge in [-0.25, -0.2) is 0 Å². The molecular formula is C9H12N2OS. The van der Waals surface area contributed by atoms with Crippen molar-refractivity contribution in [2.45, 2.75) is 25.4 Å². The molecule has 0 radical (unpaired) electrons. The minimum Gasteiger partial charge on any atom is -0.348 e. The first-order valence-electron chi connectivity index (χ1n) is 4.27. The van der Waals surface area contributed by atoms with E-state index in [0.717, 1.165) is 17.5 Å². The second-order valence-electron chi connectivity index (χ2n) is 3.45. The van der Waals surface area contributed by atoms with Crippen LogP contribution in [0.1, 0.15) is 22.3 Å². The highest BCUT2D eigenvalue weighted by Gasteiger charge is 2.35. The third-order valence-corrected chi connectivity index (χ3v) is 3.12. The number of hydrogen-bond donors (Lipinski definition) is 2. The summed E-state index contributed by atoms with van der Waals surface area (Å²) in [6.07, 6.45) is 0.912. The van der Waals surface area contributed by atoms with E-state index in [2.05, 4.69) is 5.32 Å². The molecule has 2 atom stereocenters. The van der Waals surface area contributed by atoms with Crippen LogP contribution in [0.15, 0.2) is 10.8 Å². The summed E-state index contributed by atoms with van der Waals surface area (Å²) in [6.45, 7) is 1.94. The zero-order valence-electron chi connectivity index (χ0n) is 7.41. The Kier molecular flexibility index (Phi) is 2.09. The molecule has 1 saturated carbocycles. The van der Waals surface area contributed by atoms with Crippen molar-refractivity contribution >= 4 is 17.2 Å². The number of carbonyl (C=O) groups is 1. The number of rotatable bonds is 2. The molecule has 0 aromatic carbocycles. The smallest absolute Gasteiger partial charge is 0.252 e. The molecule has 1 fully saturated rings. The molecule has 3 N–H and O–H groups in total. The lowest BCUT2D eigenvalue weighted by molar-refractivity contribution is 0.0950. The van der Waals surface area contributed by atoms with Crippen LogP contribution in [-0.2, 0) is 0 Å². The van der Waals surface area contributed by atoms with E-state index < -0.39 is 0 Å². The number of aryl methyl sites for hydroxylation is 1.